The number of nitrogens with zero attached hydrogens (tertiary/aromatic N) is 2. The molecule has 1 saturated carbocycles. The Kier molecular flexibility index (Phi) is 2.72. The molecule has 2 heterocycles. The van der Waals surface area contributed by atoms with Gasteiger partial charge in [-0.05, 0) is 19.8 Å². The van der Waals surface area contributed by atoms with Crippen molar-refractivity contribution in [3.63, 3.8) is 0 Å². The van der Waals surface area contributed by atoms with Crippen LogP contribution in [0.4, 0.5) is 0 Å². The summed E-state index contributed by atoms with van der Waals surface area (Å²) in [6, 6.07) is 0. The average molecular weight is 219 g/mol. The zero-order valence-corrected chi connectivity index (χ0v) is 10.1. The third-order valence-electron chi connectivity index (χ3n) is 4.05. The molecule has 3 nitrogen and oxygen atoms in total. The second-order valence-corrected chi connectivity index (χ2v) is 5.02. The van der Waals surface area contributed by atoms with Crippen LogP contribution in [0.1, 0.15) is 55.7 Å². The van der Waals surface area contributed by atoms with Crippen LogP contribution < -0.4 is 5.32 Å². The van der Waals surface area contributed by atoms with Gasteiger partial charge in [-0.3, -0.25) is 0 Å². The second kappa shape index (κ2) is 4.21. The van der Waals surface area contributed by atoms with E-state index >= 15 is 0 Å². The van der Waals surface area contributed by atoms with Crippen molar-refractivity contribution in [3.8, 4) is 0 Å². The lowest BCUT2D eigenvalue weighted by Crippen LogP contribution is -2.25. The van der Waals surface area contributed by atoms with Gasteiger partial charge in [0.25, 0.3) is 0 Å². The van der Waals surface area contributed by atoms with E-state index in [9.17, 15) is 0 Å². The lowest BCUT2D eigenvalue weighted by molar-refractivity contribution is 0.569. The maximum Gasteiger partial charge on any atom is 0.112 e. The highest BCUT2D eigenvalue weighted by molar-refractivity contribution is 5.22. The van der Waals surface area contributed by atoms with E-state index in [1.54, 1.807) is 0 Å². The van der Waals surface area contributed by atoms with Crippen molar-refractivity contribution in [2.45, 2.75) is 58.0 Å². The fourth-order valence-electron chi connectivity index (χ4n) is 3.24. The zero-order chi connectivity index (χ0) is 11.0. The lowest BCUT2D eigenvalue weighted by atomic mass is 10.1. The predicted molar refractivity (Wildman–Crippen MR) is 64.5 cm³/mol. The van der Waals surface area contributed by atoms with E-state index in [2.05, 4.69) is 16.8 Å². The van der Waals surface area contributed by atoms with Crippen molar-refractivity contribution >= 4 is 0 Å². The monoisotopic (exact) mass is 219 g/mol. The van der Waals surface area contributed by atoms with Gasteiger partial charge in [0.15, 0.2) is 0 Å². The summed E-state index contributed by atoms with van der Waals surface area (Å²) in [5.41, 5.74) is 2.82. The average Bonchev–Trinajstić information content (AvgIpc) is 2.95. The van der Waals surface area contributed by atoms with E-state index in [0.29, 0.717) is 0 Å². The molecule has 1 aliphatic heterocycles. The van der Waals surface area contributed by atoms with Gasteiger partial charge in [0.2, 0.25) is 0 Å². The zero-order valence-electron chi connectivity index (χ0n) is 10.1. The van der Waals surface area contributed by atoms with Crippen LogP contribution in [0.25, 0.3) is 0 Å². The lowest BCUT2D eigenvalue weighted by Gasteiger charge is -2.16. The van der Waals surface area contributed by atoms with Crippen LogP contribution in [0.2, 0.25) is 0 Å². The molecule has 0 aromatic carbocycles. The Bertz CT molecular complexity index is 375. The first-order valence-corrected chi connectivity index (χ1v) is 6.69. The minimum absolute atomic E-state index is 0.741. The predicted octanol–water partition coefficient (Wildman–Crippen LogP) is 2.21. The van der Waals surface area contributed by atoms with Crippen LogP contribution in [-0.2, 0) is 19.5 Å². The van der Waals surface area contributed by atoms with Gasteiger partial charge in [0.05, 0.1) is 5.69 Å². The molecule has 0 bridgehead atoms. The van der Waals surface area contributed by atoms with Gasteiger partial charge in [-0.25, -0.2) is 4.98 Å². The van der Waals surface area contributed by atoms with E-state index in [1.807, 2.05) is 0 Å². The second-order valence-electron chi connectivity index (χ2n) is 5.02. The Hall–Kier alpha value is -0.830. The number of fused-ring (bicyclic) bond motifs is 1. The first kappa shape index (κ1) is 10.3. The molecule has 0 spiro atoms. The van der Waals surface area contributed by atoms with E-state index in [1.165, 1.54) is 42.9 Å². The van der Waals surface area contributed by atoms with Gasteiger partial charge in [0.1, 0.15) is 5.82 Å². The standard InChI is InChI=1S/C13H21N3/c1-2-16-12-7-8-14-9-11(12)15-13(16)10-5-3-4-6-10/h10,14H,2-9H2,1H3. The van der Waals surface area contributed by atoms with Crippen molar-refractivity contribution in [2.24, 2.45) is 0 Å². The van der Waals surface area contributed by atoms with Crippen molar-refractivity contribution in [2.75, 3.05) is 6.54 Å². The summed E-state index contributed by atoms with van der Waals surface area (Å²) in [4.78, 5) is 4.90. The molecule has 3 rings (SSSR count). The maximum atomic E-state index is 4.90. The molecule has 1 aromatic heterocycles. The van der Waals surface area contributed by atoms with Gasteiger partial charge >= 0.3 is 0 Å². The van der Waals surface area contributed by atoms with Gasteiger partial charge in [-0.1, -0.05) is 12.8 Å². The van der Waals surface area contributed by atoms with Gasteiger partial charge in [0, 0.05) is 37.7 Å². The molecule has 16 heavy (non-hydrogen) atoms. The molecule has 2 aliphatic rings. The van der Waals surface area contributed by atoms with Gasteiger partial charge < -0.3 is 9.88 Å². The molecule has 1 aromatic rings. The van der Waals surface area contributed by atoms with E-state index in [-0.39, 0.29) is 0 Å². The molecule has 0 saturated heterocycles. The Morgan fingerprint density at radius 3 is 2.94 bits per heavy atom. The summed E-state index contributed by atoms with van der Waals surface area (Å²) in [6.45, 7) is 5.43. The molecule has 0 atom stereocenters. The van der Waals surface area contributed by atoms with E-state index in [4.69, 9.17) is 4.98 Å². The SMILES string of the molecule is CCn1c(C2CCCC2)nc2c1CCNC2. The van der Waals surface area contributed by atoms with Crippen molar-refractivity contribution in [1.82, 2.24) is 14.9 Å². The third kappa shape index (κ3) is 1.58. The summed E-state index contributed by atoms with van der Waals surface area (Å²) in [6.07, 6.45) is 6.64. The molecular weight excluding hydrogens is 198 g/mol. The van der Waals surface area contributed by atoms with Crippen LogP contribution in [0, 0.1) is 0 Å². The summed E-state index contributed by atoms with van der Waals surface area (Å²) >= 11 is 0. The Balaban J connectivity index is 1.99. The summed E-state index contributed by atoms with van der Waals surface area (Å²) in [5.74, 6) is 2.12. The van der Waals surface area contributed by atoms with Crippen LogP contribution >= 0.6 is 0 Å². The molecule has 3 heteroatoms. The molecule has 0 unspecified atom stereocenters. The molecule has 1 aliphatic carbocycles. The first-order valence-electron chi connectivity index (χ1n) is 6.69. The Morgan fingerprint density at radius 1 is 1.38 bits per heavy atom. The van der Waals surface area contributed by atoms with E-state index < -0.39 is 0 Å². The minimum atomic E-state index is 0.741. The third-order valence-corrected chi connectivity index (χ3v) is 4.05. The van der Waals surface area contributed by atoms with Gasteiger partial charge in [-0.2, -0.15) is 0 Å². The van der Waals surface area contributed by atoms with Crippen molar-refractivity contribution in [3.05, 3.63) is 17.2 Å². The minimum Gasteiger partial charge on any atom is -0.332 e. The fraction of sp³-hybridized carbons (Fsp3) is 0.769. The van der Waals surface area contributed by atoms with Crippen molar-refractivity contribution in [1.29, 1.82) is 0 Å². The number of hydrogen-bond donors (Lipinski definition) is 1. The van der Waals surface area contributed by atoms with Crippen LogP contribution in [-0.4, -0.2) is 16.1 Å². The number of imidazole rings is 1. The fourth-order valence-corrected chi connectivity index (χ4v) is 3.24. The van der Waals surface area contributed by atoms with Gasteiger partial charge in [-0.15, -0.1) is 0 Å². The van der Waals surface area contributed by atoms with Crippen LogP contribution in [0.3, 0.4) is 0 Å². The molecule has 1 fully saturated rings. The normalized spacial score (nSPS) is 21.3. The molecule has 88 valence electrons. The molecule has 0 amide bonds. The Morgan fingerprint density at radius 2 is 2.19 bits per heavy atom. The summed E-state index contributed by atoms with van der Waals surface area (Å²) < 4.78 is 2.49. The number of hydrogen-bond acceptors (Lipinski definition) is 2. The smallest absolute Gasteiger partial charge is 0.112 e. The highest BCUT2D eigenvalue weighted by Gasteiger charge is 2.26. The largest absolute Gasteiger partial charge is 0.332 e. The highest BCUT2D eigenvalue weighted by atomic mass is 15.1. The van der Waals surface area contributed by atoms with Crippen molar-refractivity contribution < 1.29 is 0 Å². The molecule has 0 radical (unpaired) electrons. The Labute approximate surface area is 97.3 Å². The quantitative estimate of drug-likeness (QED) is 0.826. The number of nitrogens with one attached hydrogen (secondary N) is 1. The molecule has 1 N–H and O–H groups in total. The summed E-state index contributed by atoms with van der Waals surface area (Å²) in [5, 5.41) is 3.42. The summed E-state index contributed by atoms with van der Waals surface area (Å²) in [7, 11) is 0. The van der Waals surface area contributed by atoms with Crippen LogP contribution in [0.15, 0.2) is 0 Å². The topological polar surface area (TPSA) is 29.9 Å². The molecular formula is C13H21N3. The number of aromatic nitrogens is 2. The maximum absolute atomic E-state index is 4.90. The number of rotatable bonds is 2. The first-order chi connectivity index (χ1) is 7.90. The van der Waals surface area contributed by atoms with Crippen LogP contribution in [0.5, 0.6) is 0 Å². The highest BCUT2D eigenvalue weighted by Crippen LogP contribution is 2.34. The van der Waals surface area contributed by atoms with E-state index in [0.717, 1.165) is 32.0 Å².